The van der Waals surface area contributed by atoms with Crippen molar-refractivity contribution in [2.24, 2.45) is 5.92 Å². The van der Waals surface area contributed by atoms with Crippen molar-refractivity contribution >= 4 is 43.4 Å². The lowest BCUT2D eigenvalue weighted by Crippen LogP contribution is -2.40. The summed E-state index contributed by atoms with van der Waals surface area (Å²) in [6, 6.07) is 15.0. The predicted octanol–water partition coefficient (Wildman–Crippen LogP) is 4.52. The summed E-state index contributed by atoms with van der Waals surface area (Å²) in [5, 5.41) is 3.62. The van der Waals surface area contributed by atoms with Gasteiger partial charge in [-0.25, -0.2) is 14.4 Å². The molecule has 1 fully saturated rings. The molecular formula is C23H21FN4OS. The van der Waals surface area contributed by atoms with Crippen molar-refractivity contribution in [3.63, 3.8) is 0 Å². The molecule has 2 aromatic carbocycles. The number of hydrogen-bond donors (Lipinski definition) is 1. The van der Waals surface area contributed by atoms with E-state index in [1.807, 2.05) is 36.4 Å². The molecule has 0 spiro atoms. The van der Waals surface area contributed by atoms with Crippen molar-refractivity contribution in [2.45, 2.75) is 19.4 Å². The number of hydrogen-bond acceptors (Lipinski definition) is 5. The number of nitrogens with zero attached hydrogens (tertiary/aromatic N) is 3. The lowest BCUT2D eigenvalue weighted by atomic mass is 9.95. The summed E-state index contributed by atoms with van der Waals surface area (Å²) in [6.07, 6.45) is 3.05. The van der Waals surface area contributed by atoms with Crippen LogP contribution in [0.15, 0.2) is 54.9 Å². The van der Waals surface area contributed by atoms with Crippen molar-refractivity contribution in [3.8, 4) is 0 Å². The maximum absolute atomic E-state index is 14.3. The minimum Gasteiger partial charge on any atom is -0.355 e. The Labute approximate surface area is 177 Å². The summed E-state index contributed by atoms with van der Waals surface area (Å²) < 4.78 is 16.1. The van der Waals surface area contributed by atoms with Gasteiger partial charge in [-0.2, -0.15) is 0 Å². The van der Waals surface area contributed by atoms with E-state index in [4.69, 9.17) is 0 Å². The number of amides is 1. The molecule has 5 rings (SSSR count). The zero-order chi connectivity index (χ0) is 20.5. The second kappa shape index (κ2) is 7.99. The van der Waals surface area contributed by atoms with Gasteiger partial charge in [0, 0.05) is 30.3 Å². The first kappa shape index (κ1) is 18.9. The van der Waals surface area contributed by atoms with Crippen LogP contribution in [0.5, 0.6) is 0 Å². The highest BCUT2D eigenvalue weighted by atomic mass is 32.1. The number of halogens is 1. The fraction of sp³-hybridized carbons (Fsp3) is 0.261. The highest BCUT2D eigenvalue weighted by molar-refractivity contribution is 7.26. The SMILES string of the molecule is O=C(NCc1ccccc1)C1CCN(c2ncnc3c2sc2cccc(F)c23)CC1. The van der Waals surface area contributed by atoms with Crippen molar-refractivity contribution < 1.29 is 9.18 Å². The number of anilines is 1. The second-order valence-corrected chi connectivity index (χ2v) is 8.61. The minimum absolute atomic E-state index is 0.00198. The van der Waals surface area contributed by atoms with Crippen molar-refractivity contribution in [2.75, 3.05) is 18.0 Å². The fourth-order valence-corrected chi connectivity index (χ4v) is 5.26. The third kappa shape index (κ3) is 3.50. The molecule has 1 aliphatic rings. The molecule has 4 aromatic rings. The van der Waals surface area contributed by atoms with Crippen LogP contribution in [0, 0.1) is 11.7 Å². The summed E-state index contributed by atoms with van der Waals surface area (Å²) >= 11 is 1.52. The Balaban J connectivity index is 1.30. The van der Waals surface area contributed by atoms with E-state index >= 15 is 0 Å². The molecule has 30 heavy (non-hydrogen) atoms. The first-order chi connectivity index (χ1) is 14.7. The largest absolute Gasteiger partial charge is 0.355 e. The first-order valence-corrected chi connectivity index (χ1v) is 10.9. The van der Waals surface area contributed by atoms with Crippen LogP contribution in [0.2, 0.25) is 0 Å². The van der Waals surface area contributed by atoms with Crippen molar-refractivity contribution in [1.29, 1.82) is 0 Å². The molecule has 0 radical (unpaired) electrons. The monoisotopic (exact) mass is 420 g/mol. The molecule has 1 N–H and O–H groups in total. The summed E-state index contributed by atoms with van der Waals surface area (Å²) in [7, 11) is 0. The van der Waals surface area contributed by atoms with E-state index < -0.39 is 0 Å². The summed E-state index contributed by atoms with van der Waals surface area (Å²) in [4.78, 5) is 23.6. The highest BCUT2D eigenvalue weighted by Crippen LogP contribution is 2.39. The fourth-order valence-electron chi connectivity index (χ4n) is 4.07. The molecule has 1 aliphatic heterocycles. The smallest absolute Gasteiger partial charge is 0.223 e. The zero-order valence-electron chi connectivity index (χ0n) is 16.3. The number of carbonyl (C=O) groups excluding carboxylic acids is 1. The number of fused-ring (bicyclic) bond motifs is 3. The van der Waals surface area contributed by atoms with Crippen molar-refractivity contribution in [3.05, 3.63) is 66.2 Å². The molecule has 1 amide bonds. The lowest BCUT2D eigenvalue weighted by molar-refractivity contribution is -0.125. The van der Waals surface area contributed by atoms with Crippen LogP contribution in [-0.2, 0) is 11.3 Å². The molecule has 0 atom stereocenters. The maximum Gasteiger partial charge on any atom is 0.223 e. The van der Waals surface area contributed by atoms with E-state index in [1.165, 1.54) is 23.7 Å². The molecule has 1 saturated heterocycles. The number of thiophene rings is 1. The molecule has 5 nitrogen and oxygen atoms in total. The van der Waals surface area contributed by atoms with E-state index in [-0.39, 0.29) is 17.6 Å². The Morgan fingerprint density at radius 3 is 2.70 bits per heavy atom. The van der Waals surface area contributed by atoms with Crippen LogP contribution in [0.3, 0.4) is 0 Å². The average Bonchev–Trinajstić information content (AvgIpc) is 3.18. The van der Waals surface area contributed by atoms with E-state index in [1.54, 1.807) is 6.07 Å². The van der Waals surface area contributed by atoms with Gasteiger partial charge in [-0.1, -0.05) is 36.4 Å². The van der Waals surface area contributed by atoms with Crippen LogP contribution in [0.4, 0.5) is 10.2 Å². The van der Waals surface area contributed by atoms with E-state index in [0.717, 1.165) is 46.7 Å². The van der Waals surface area contributed by atoms with E-state index in [9.17, 15) is 9.18 Å². The molecule has 0 bridgehead atoms. The first-order valence-electron chi connectivity index (χ1n) is 10.1. The van der Waals surface area contributed by atoms with Gasteiger partial charge in [0.15, 0.2) is 0 Å². The minimum atomic E-state index is -0.253. The van der Waals surface area contributed by atoms with E-state index in [2.05, 4.69) is 20.2 Å². The highest BCUT2D eigenvalue weighted by Gasteiger charge is 2.27. The summed E-state index contributed by atoms with van der Waals surface area (Å²) in [5.41, 5.74) is 1.77. The normalized spacial score (nSPS) is 15.0. The number of benzene rings is 2. The van der Waals surface area contributed by atoms with Crippen LogP contribution >= 0.6 is 11.3 Å². The Bertz CT molecular complexity index is 1200. The summed E-state index contributed by atoms with van der Waals surface area (Å²) in [6.45, 7) is 2.04. The van der Waals surface area contributed by atoms with Gasteiger partial charge >= 0.3 is 0 Å². The van der Waals surface area contributed by atoms with Crippen LogP contribution < -0.4 is 10.2 Å². The third-order valence-corrected chi connectivity index (χ3v) is 6.82. The predicted molar refractivity (Wildman–Crippen MR) is 118 cm³/mol. The number of rotatable bonds is 4. The van der Waals surface area contributed by atoms with Gasteiger partial charge in [-0.15, -0.1) is 11.3 Å². The van der Waals surface area contributed by atoms with Gasteiger partial charge in [0.05, 0.1) is 15.6 Å². The van der Waals surface area contributed by atoms with Gasteiger partial charge in [-0.05, 0) is 30.5 Å². The van der Waals surface area contributed by atoms with E-state index in [0.29, 0.717) is 17.4 Å². The Hall–Kier alpha value is -3.06. The van der Waals surface area contributed by atoms with Crippen LogP contribution in [0.25, 0.3) is 20.3 Å². The maximum atomic E-state index is 14.3. The number of aromatic nitrogens is 2. The lowest BCUT2D eigenvalue weighted by Gasteiger charge is -2.32. The quantitative estimate of drug-likeness (QED) is 0.528. The topological polar surface area (TPSA) is 58.1 Å². The van der Waals surface area contributed by atoms with Crippen molar-refractivity contribution in [1.82, 2.24) is 15.3 Å². The van der Waals surface area contributed by atoms with Gasteiger partial charge in [-0.3, -0.25) is 4.79 Å². The molecule has 0 unspecified atom stereocenters. The number of piperidine rings is 1. The third-order valence-electron chi connectivity index (χ3n) is 5.68. The molecule has 152 valence electrons. The Morgan fingerprint density at radius 1 is 1.10 bits per heavy atom. The van der Waals surface area contributed by atoms with Gasteiger partial charge in [0.2, 0.25) is 5.91 Å². The molecule has 7 heteroatoms. The van der Waals surface area contributed by atoms with Gasteiger partial charge in [0.1, 0.15) is 18.0 Å². The summed E-state index contributed by atoms with van der Waals surface area (Å²) in [5.74, 6) is 0.693. The molecule has 0 saturated carbocycles. The zero-order valence-corrected chi connectivity index (χ0v) is 17.2. The van der Waals surface area contributed by atoms with Gasteiger partial charge in [0.25, 0.3) is 0 Å². The Morgan fingerprint density at radius 2 is 1.90 bits per heavy atom. The number of nitrogens with one attached hydrogen (secondary N) is 1. The molecule has 2 aromatic heterocycles. The number of carbonyl (C=O) groups is 1. The Kier molecular flexibility index (Phi) is 5.04. The van der Waals surface area contributed by atoms with Gasteiger partial charge < -0.3 is 10.2 Å². The molecule has 3 heterocycles. The average molecular weight is 421 g/mol. The molecule has 0 aliphatic carbocycles. The molecular weight excluding hydrogens is 399 g/mol. The van der Waals surface area contributed by atoms with Crippen LogP contribution in [-0.4, -0.2) is 29.0 Å². The standard InChI is InChI=1S/C23H21FN4OS/c24-17-7-4-8-18-19(17)20-21(30-18)22(27-14-26-20)28-11-9-16(10-12-28)23(29)25-13-15-5-2-1-3-6-15/h1-8,14,16H,9-13H2,(H,25,29). The van der Waals surface area contributed by atoms with Crippen LogP contribution in [0.1, 0.15) is 18.4 Å². The second-order valence-electron chi connectivity index (χ2n) is 7.55.